The molecule has 0 bridgehead atoms. The highest BCUT2D eigenvalue weighted by molar-refractivity contribution is 5.87. The van der Waals surface area contributed by atoms with E-state index in [-0.39, 0.29) is 12.8 Å². The van der Waals surface area contributed by atoms with Crippen LogP contribution in [0.4, 0.5) is 4.79 Å². The third-order valence-electron chi connectivity index (χ3n) is 5.62. The van der Waals surface area contributed by atoms with Crippen LogP contribution < -0.4 is 10.6 Å². The lowest BCUT2D eigenvalue weighted by Gasteiger charge is -2.27. The molecule has 0 aromatic heterocycles. The zero-order chi connectivity index (χ0) is 31.7. The Morgan fingerprint density at radius 3 is 1.39 bits per heavy atom. The largest absolute Gasteiger partial charge is 0.460 e. The fourth-order valence-corrected chi connectivity index (χ4v) is 3.89. The van der Waals surface area contributed by atoms with Crippen LogP contribution in [0.25, 0.3) is 0 Å². The second kappa shape index (κ2) is 18.7. The van der Waals surface area contributed by atoms with Crippen molar-refractivity contribution in [3.63, 3.8) is 0 Å². The molecule has 0 aromatic carbocycles. The molecule has 0 fully saturated rings. The number of hydrogen-bond donors (Lipinski definition) is 2. The maximum Gasteiger partial charge on any atom is 0.329 e. The number of unbranched alkanes of at least 4 members (excludes halogenated alkanes) is 8. The highest BCUT2D eigenvalue weighted by Crippen LogP contribution is 2.16. The van der Waals surface area contributed by atoms with Crippen molar-refractivity contribution < 1.29 is 38.2 Å². The van der Waals surface area contributed by atoms with E-state index in [1.165, 1.54) is 0 Å². The number of urea groups is 1. The van der Waals surface area contributed by atoms with E-state index in [0.717, 1.165) is 51.2 Å². The van der Waals surface area contributed by atoms with E-state index >= 15 is 0 Å². The van der Waals surface area contributed by atoms with E-state index in [1.54, 1.807) is 62.3 Å². The minimum atomic E-state index is -1.12. The highest BCUT2D eigenvalue weighted by Gasteiger charge is 2.31. The molecule has 0 aliphatic heterocycles. The summed E-state index contributed by atoms with van der Waals surface area (Å²) >= 11 is 0. The fraction of sp³-hybridized carbons (Fsp3) is 0.839. The van der Waals surface area contributed by atoms with Gasteiger partial charge in [-0.25, -0.2) is 14.4 Å². The van der Waals surface area contributed by atoms with Gasteiger partial charge in [0, 0.05) is 12.8 Å². The second-order valence-electron chi connectivity index (χ2n) is 13.5. The summed E-state index contributed by atoms with van der Waals surface area (Å²) in [6.07, 6.45) is 9.71. The van der Waals surface area contributed by atoms with Gasteiger partial charge in [0.25, 0.3) is 0 Å². The van der Waals surface area contributed by atoms with E-state index in [4.69, 9.17) is 14.2 Å². The molecule has 0 radical (unpaired) electrons. The number of aldehydes is 1. The molecule has 0 saturated carbocycles. The van der Waals surface area contributed by atoms with Crippen molar-refractivity contribution >= 4 is 30.2 Å². The Morgan fingerprint density at radius 2 is 0.976 bits per heavy atom. The number of amides is 2. The molecule has 0 aliphatic carbocycles. The number of ether oxygens (including phenoxy) is 3. The molecular formula is C31H56N2O8. The van der Waals surface area contributed by atoms with E-state index in [1.807, 2.05) is 0 Å². The highest BCUT2D eigenvalue weighted by atomic mass is 16.6. The summed E-state index contributed by atoms with van der Waals surface area (Å²) in [6, 6.07) is -2.74. The molecule has 2 N–H and O–H groups in total. The number of rotatable bonds is 18. The molecule has 2 atom stereocenters. The van der Waals surface area contributed by atoms with E-state index < -0.39 is 52.8 Å². The maximum atomic E-state index is 13.0. The van der Waals surface area contributed by atoms with E-state index in [0.29, 0.717) is 19.3 Å². The second-order valence-corrected chi connectivity index (χ2v) is 13.5. The molecule has 0 spiro atoms. The molecule has 10 heteroatoms. The first kappa shape index (κ1) is 38.4. The Labute approximate surface area is 247 Å². The first-order chi connectivity index (χ1) is 18.8. The summed E-state index contributed by atoms with van der Waals surface area (Å²) in [5.41, 5.74) is -2.21. The Balaban J connectivity index is 5.18. The zero-order valence-electron chi connectivity index (χ0n) is 27.0. The zero-order valence-corrected chi connectivity index (χ0v) is 27.0. The summed E-state index contributed by atoms with van der Waals surface area (Å²) in [5, 5.41) is 5.25. The smallest absolute Gasteiger partial charge is 0.329 e. The molecule has 238 valence electrons. The van der Waals surface area contributed by atoms with Crippen LogP contribution in [0.2, 0.25) is 0 Å². The molecule has 0 aliphatic rings. The number of hydrogen-bond acceptors (Lipinski definition) is 8. The van der Waals surface area contributed by atoms with Crippen LogP contribution in [-0.2, 0) is 33.4 Å². The van der Waals surface area contributed by atoms with Gasteiger partial charge in [-0.05, 0) is 81.6 Å². The number of esters is 3. The Hall–Kier alpha value is -2.65. The van der Waals surface area contributed by atoms with Gasteiger partial charge in [0.05, 0.1) is 0 Å². The maximum absolute atomic E-state index is 13.0. The predicted octanol–water partition coefficient (Wildman–Crippen LogP) is 5.93. The monoisotopic (exact) mass is 584 g/mol. The van der Waals surface area contributed by atoms with Gasteiger partial charge < -0.3 is 29.6 Å². The van der Waals surface area contributed by atoms with Crippen molar-refractivity contribution in [3.05, 3.63) is 0 Å². The summed E-state index contributed by atoms with van der Waals surface area (Å²) < 4.78 is 16.3. The van der Waals surface area contributed by atoms with Crippen molar-refractivity contribution in [1.82, 2.24) is 10.6 Å². The van der Waals surface area contributed by atoms with Crippen molar-refractivity contribution in [2.45, 2.75) is 168 Å². The SMILES string of the molecule is CC(C)(C)OC(=O)CC[C@H](NC(=O)N[C@@H](CCCCCCCCCCC=O)C(=O)OC(C)(C)C)C(=O)OC(C)(C)C. The van der Waals surface area contributed by atoms with Gasteiger partial charge in [0.1, 0.15) is 35.2 Å². The van der Waals surface area contributed by atoms with Crippen molar-refractivity contribution in [1.29, 1.82) is 0 Å². The number of carbonyl (C=O) groups is 5. The Kier molecular flexibility index (Phi) is 17.5. The van der Waals surface area contributed by atoms with Gasteiger partial charge in [-0.15, -0.1) is 0 Å². The standard InChI is InChI=1S/C31H56N2O8/c1-29(2,3)39-25(35)21-20-24(27(37)41-31(7,8)9)33-28(38)32-23(26(36)40-30(4,5)6)19-17-15-13-11-10-12-14-16-18-22-34/h22-24H,10-21H2,1-9H3,(H2,32,33,38)/t23-,24-/m0/s1. The average molecular weight is 585 g/mol. The molecule has 0 heterocycles. The molecule has 0 rings (SSSR count). The van der Waals surface area contributed by atoms with Crippen LogP contribution >= 0.6 is 0 Å². The van der Waals surface area contributed by atoms with E-state index in [2.05, 4.69) is 10.6 Å². The third kappa shape index (κ3) is 22.7. The first-order valence-electron chi connectivity index (χ1n) is 15.0. The summed E-state index contributed by atoms with van der Waals surface area (Å²) in [4.78, 5) is 61.4. The van der Waals surface area contributed by atoms with Gasteiger partial charge in [0.15, 0.2) is 0 Å². The van der Waals surface area contributed by atoms with Gasteiger partial charge in [0.2, 0.25) is 0 Å². The molecule has 41 heavy (non-hydrogen) atoms. The van der Waals surface area contributed by atoms with E-state index in [9.17, 15) is 24.0 Å². The molecule has 10 nitrogen and oxygen atoms in total. The van der Waals surface area contributed by atoms with Crippen LogP contribution in [0.1, 0.15) is 139 Å². The van der Waals surface area contributed by atoms with Crippen LogP contribution in [-0.4, -0.2) is 59.1 Å². The minimum Gasteiger partial charge on any atom is -0.460 e. The lowest BCUT2D eigenvalue weighted by molar-refractivity contribution is -0.159. The third-order valence-corrected chi connectivity index (χ3v) is 5.62. The Bertz CT molecular complexity index is 821. The minimum absolute atomic E-state index is 0.0243. The van der Waals surface area contributed by atoms with Gasteiger partial charge >= 0.3 is 23.9 Å². The summed E-state index contributed by atoms with van der Waals surface area (Å²) in [7, 11) is 0. The molecule has 0 unspecified atom stereocenters. The van der Waals surface area contributed by atoms with Crippen molar-refractivity contribution in [2.75, 3.05) is 0 Å². The molecule has 2 amide bonds. The fourth-order valence-electron chi connectivity index (χ4n) is 3.89. The van der Waals surface area contributed by atoms with Crippen LogP contribution in [0.15, 0.2) is 0 Å². The molecule has 0 saturated heterocycles. The molecule has 0 aromatic rings. The lowest BCUT2D eigenvalue weighted by Crippen LogP contribution is -2.53. The quantitative estimate of drug-likeness (QED) is 0.0875. The predicted molar refractivity (Wildman–Crippen MR) is 158 cm³/mol. The van der Waals surface area contributed by atoms with Crippen LogP contribution in [0, 0.1) is 0 Å². The average Bonchev–Trinajstić information content (AvgIpc) is 2.78. The number of carbonyl (C=O) groups excluding carboxylic acids is 5. The summed E-state index contributed by atoms with van der Waals surface area (Å²) in [6.45, 7) is 15.6. The van der Waals surface area contributed by atoms with Crippen LogP contribution in [0.3, 0.4) is 0 Å². The summed E-state index contributed by atoms with van der Waals surface area (Å²) in [5.74, 6) is -1.73. The van der Waals surface area contributed by atoms with Crippen LogP contribution in [0.5, 0.6) is 0 Å². The van der Waals surface area contributed by atoms with Gasteiger partial charge in [-0.1, -0.05) is 44.9 Å². The topological polar surface area (TPSA) is 137 Å². The normalized spacial score (nSPS) is 13.5. The Morgan fingerprint density at radius 1 is 0.585 bits per heavy atom. The number of nitrogens with one attached hydrogen (secondary N) is 2. The van der Waals surface area contributed by atoms with Crippen molar-refractivity contribution in [2.24, 2.45) is 0 Å². The first-order valence-corrected chi connectivity index (χ1v) is 15.0. The molecular weight excluding hydrogens is 528 g/mol. The van der Waals surface area contributed by atoms with Crippen molar-refractivity contribution in [3.8, 4) is 0 Å². The van der Waals surface area contributed by atoms with Gasteiger partial charge in [-0.3, -0.25) is 4.79 Å². The lowest BCUT2D eigenvalue weighted by atomic mass is 10.0. The van der Waals surface area contributed by atoms with Gasteiger partial charge in [-0.2, -0.15) is 0 Å².